The summed E-state index contributed by atoms with van der Waals surface area (Å²) in [6.45, 7) is 5.44. The van der Waals surface area contributed by atoms with Crippen LogP contribution in [-0.2, 0) is 11.3 Å². The Labute approximate surface area is 168 Å². The van der Waals surface area contributed by atoms with E-state index in [2.05, 4.69) is 15.5 Å². The number of pyridine rings is 1. The minimum atomic E-state index is -0.130. The minimum absolute atomic E-state index is 0.00252. The van der Waals surface area contributed by atoms with Crippen LogP contribution in [0.25, 0.3) is 10.9 Å². The van der Waals surface area contributed by atoms with Gasteiger partial charge in [-0.05, 0) is 44.5 Å². The van der Waals surface area contributed by atoms with E-state index in [-0.39, 0.29) is 12.1 Å². The molecule has 1 fully saturated rings. The zero-order valence-corrected chi connectivity index (χ0v) is 16.8. The third-order valence-electron chi connectivity index (χ3n) is 5.20. The van der Waals surface area contributed by atoms with Crippen molar-refractivity contribution in [3.8, 4) is 5.88 Å². The first kappa shape index (κ1) is 19.2. The van der Waals surface area contributed by atoms with Gasteiger partial charge >= 0.3 is 6.03 Å². The Kier molecular flexibility index (Phi) is 5.35. The van der Waals surface area contributed by atoms with E-state index < -0.39 is 0 Å². The van der Waals surface area contributed by atoms with Crippen LogP contribution in [-0.4, -0.2) is 47.4 Å². The highest BCUT2D eigenvalue weighted by Gasteiger charge is 2.27. The molecule has 8 nitrogen and oxygen atoms in total. The maximum absolute atomic E-state index is 12.6. The summed E-state index contributed by atoms with van der Waals surface area (Å²) in [6, 6.07) is 9.21. The third-order valence-corrected chi connectivity index (χ3v) is 5.20. The second-order valence-corrected chi connectivity index (χ2v) is 7.16. The molecule has 2 amide bonds. The highest BCUT2D eigenvalue weighted by atomic mass is 16.5. The largest absolute Gasteiger partial charge is 0.481 e. The molecule has 2 aromatic heterocycles. The molecular weight excluding hydrogens is 372 g/mol. The van der Waals surface area contributed by atoms with Gasteiger partial charge in [0, 0.05) is 35.8 Å². The molecule has 0 spiro atoms. The second kappa shape index (κ2) is 8.08. The van der Waals surface area contributed by atoms with Crippen molar-refractivity contribution in [3.63, 3.8) is 0 Å². The summed E-state index contributed by atoms with van der Waals surface area (Å²) in [7, 11) is 1.59. The SMILES string of the molecule is COc1ccc2cc(NC(=O)N3CCC(OCc4c(C)noc4C)C3)ccc2n1. The van der Waals surface area contributed by atoms with Gasteiger partial charge in [0.25, 0.3) is 0 Å². The van der Waals surface area contributed by atoms with E-state index in [1.807, 2.05) is 38.1 Å². The predicted molar refractivity (Wildman–Crippen MR) is 108 cm³/mol. The topological polar surface area (TPSA) is 89.7 Å². The number of amides is 2. The van der Waals surface area contributed by atoms with Crippen molar-refractivity contribution in [1.29, 1.82) is 0 Å². The van der Waals surface area contributed by atoms with Crippen LogP contribution in [0.4, 0.5) is 10.5 Å². The molecule has 3 heterocycles. The average molecular weight is 396 g/mol. The molecule has 1 atom stereocenters. The van der Waals surface area contributed by atoms with Gasteiger partial charge in [0.2, 0.25) is 5.88 Å². The van der Waals surface area contributed by atoms with Crippen LogP contribution < -0.4 is 10.1 Å². The Morgan fingerprint density at radius 3 is 2.93 bits per heavy atom. The lowest BCUT2D eigenvalue weighted by Gasteiger charge is -2.18. The van der Waals surface area contributed by atoms with Crippen molar-refractivity contribution in [2.45, 2.75) is 33.0 Å². The van der Waals surface area contributed by atoms with Gasteiger partial charge in [0.1, 0.15) is 5.76 Å². The summed E-state index contributed by atoms with van der Waals surface area (Å²) < 4.78 is 16.3. The number of hydrogen-bond acceptors (Lipinski definition) is 6. The number of nitrogens with zero attached hydrogens (tertiary/aromatic N) is 3. The van der Waals surface area contributed by atoms with Crippen LogP contribution in [0.2, 0.25) is 0 Å². The summed E-state index contributed by atoms with van der Waals surface area (Å²) in [6.07, 6.45) is 0.806. The van der Waals surface area contributed by atoms with Crippen LogP contribution in [0.1, 0.15) is 23.4 Å². The minimum Gasteiger partial charge on any atom is -0.481 e. The molecule has 1 saturated heterocycles. The fourth-order valence-corrected chi connectivity index (χ4v) is 3.46. The third kappa shape index (κ3) is 4.17. The number of methoxy groups -OCH3 is 1. The smallest absolute Gasteiger partial charge is 0.321 e. The van der Waals surface area contributed by atoms with Crippen molar-refractivity contribution in [2.75, 3.05) is 25.5 Å². The number of benzene rings is 1. The summed E-state index contributed by atoms with van der Waals surface area (Å²) in [5, 5.41) is 7.84. The molecule has 0 radical (unpaired) electrons. The molecule has 1 aliphatic heterocycles. The van der Waals surface area contributed by atoms with Gasteiger partial charge in [-0.3, -0.25) is 0 Å². The molecule has 1 aliphatic rings. The number of aromatic nitrogens is 2. The first-order valence-corrected chi connectivity index (χ1v) is 9.57. The maximum Gasteiger partial charge on any atom is 0.321 e. The number of likely N-dealkylation sites (tertiary alicyclic amines) is 1. The van der Waals surface area contributed by atoms with Crippen molar-refractivity contribution < 1.29 is 18.8 Å². The second-order valence-electron chi connectivity index (χ2n) is 7.16. The number of aryl methyl sites for hydroxylation is 2. The van der Waals surface area contributed by atoms with E-state index in [0.717, 1.165) is 40.0 Å². The van der Waals surface area contributed by atoms with Crippen LogP contribution in [0.5, 0.6) is 5.88 Å². The first-order chi connectivity index (χ1) is 14.0. The van der Waals surface area contributed by atoms with E-state index in [9.17, 15) is 4.79 Å². The number of urea groups is 1. The number of ether oxygens (including phenoxy) is 2. The number of nitrogens with one attached hydrogen (secondary N) is 1. The zero-order chi connectivity index (χ0) is 20.4. The van der Waals surface area contributed by atoms with E-state index >= 15 is 0 Å². The number of hydrogen-bond donors (Lipinski definition) is 1. The number of rotatable bonds is 5. The first-order valence-electron chi connectivity index (χ1n) is 9.57. The highest BCUT2D eigenvalue weighted by molar-refractivity contribution is 5.92. The van der Waals surface area contributed by atoms with Gasteiger partial charge in [-0.1, -0.05) is 5.16 Å². The maximum atomic E-state index is 12.6. The summed E-state index contributed by atoms with van der Waals surface area (Å²) in [5.74, 6) is 1.34. The molecule has 152 valence electrons. The van der Waals surface area contributed by atoms with Gasteiger partial charge in [0.05, 0.1) is 31.0 Å². The fourth-order valence-electron chi connectivity index (χ4n) is 3.46. The van der Waals surface area contributed by atoms with E-state index in [1.54, 1.807) is 18.1 Å². The standard InChI is InChI=1S/C21H24N4O4/c1-13-18(14(2)29-24-13)12-28-17-8-9-25(11-17)21(26)22-16-5-6-19-15(10-16)4-7-20(23-19)27-3/h4-7,10,17H,8-9,11-12H2,1-3H3,(H,22,26). The zero-order valence-electron chi connectivity index (χ0n) is 16.8. The monoisotopic (exact) mass is 396 g/mol. The average Bonchev–Trinajstić information content (AvgIpc) is 3.33. The highest BCUT2D eigenvalue weighted by Crippen LogP contribution is 2.22. The number of anilines is 1. The molecule has 29 heavy (non-hydrogen) atoms. The van der Waals surface area contributed by atoms with Crippen LogP contribution >= 0.6 is 0 Å². The molecule has 1 aromatic carbocycles. The van der Waals surface area contributed by atoms with E-state index in [0.29, 0.717) is 25.6 Å². The summed E-state index contributed by atoms with van der Waals surface area (Å²) >= 11 is 0. The molecule has 3 aromatic rings. The Hall–Kier alpha value is -3.13. The number of carbonyl (C=O) groups excluding carboxylic acids is 1. The predicted octanol–water partition coefficient (Wildman–Crippen LogP) is 3.67. The molecule has 0 saturated carbocycles. The molecule has 0 aliphatic carbocycles. The molecule has 8 heteroatoms. The van der Waals surface area contributed by atoms with Gasteiger partial charge in [-0.2, -0.15) is 0 Å². The Morgan fingerprint density at radius 1 is 1.31 bits per heavy atom. The summed E-state index contributed by atoms with van der Waals surface area (Å²) in [4.78, 5) is 18.8. The quantitative estimate of drug-likeness (QED) is 0.708. The van der Waals surface area contributed by atoms with Crippen LogP contribution in [0.15, 0.2) is 34.9 Å². The molecular formula is C21H24N4O4. The van der Waals surface area contributed by atoms with Gasteiger partial charge in [-0.25, -0.2) is 9.78 Å². The normalized spacial score (nSPS) is 16.4. The van der Waals surface area contributed by atoms with E-state index in [4.69, 9.17) is 14.0 Å². The van der Waals surface area contributed by atoms with Crippen LogP contribution in [0.3, 0.4) is 0 Å². The molecule has 0 bridgehead atoms. The summed E-state index contributed by atoms with van der Waals surface area (Å²) in [5.41, 5.74) is 3.37. The van der Waals surface area contributed by atoms with Crippen molar-refractivity contribution in [1.82, 2.24) is 15.0 Å². The molecule has 1 N–H and O–H groups in total. The van der Waals surface area contributed by atoms with E-state index in [1.165, 1.54) is 0 Å². The van der Waals surface area contributed by atoms with Crippen molar-refractivity contribution >= 4 is 22.6 Å². The Bertz CT molecular complexity index is 1010. The Morgan fingerprint density at radius 2 is 2.17 bits per heavy atom. The van der Waals surface area contributed by atoms with Crippen molar-refractivity contribution in [3.05, 3.63) is 47.3 Å². The van der Waals surface area contributed by atoms with Gasteiger partial charge < -0.3 is 24.2 Å². The van der Waals surface area contributed by atoms with Crippen molar-refractivity contribution in [2.24, 2.45) is 0 Å². The Balaban J connectivity index is 1.34. The van der Waals surface area contributed by atoms with Gasteiger partial charge in [-0.15, -0.1) is 0 Å². The number of fused-ring (bicyclic) bond motifs is 1. The lowest BCUT2D eigenvalue weighted by Crippen LogP contribution is -2.34. The van der Waals surface area contributed by atoms with Crippen LogP contribution in [0, 0.1) is 13.8 Å². The fraction of sp³-hybridized carbons (Fsp3) is 0.381. The lowest BCUT2D eigenvalue weighted by atomic mass is 10.2. The van der Waals surface area contributed by atoms with Gasteiger partial charge in [0.15, 0.2) is 0 Å². The number of carbonyl (C=O) groups is 1. The lowest BCUT2D eigenvalue weighted by molar-refractivity contribution is 0.0482. The molecule has 4 rings (SSSR count). The molecule has 1 unspecified atom stereocenters.